The molecule has 0 saturated carbocycles. The number of rotatable bonds is 2. The van der Waals surface area contributed by atoms with Gasteiger partial charge in [-0.1, -0.05) is 6.07 Å². The van der Waals surface area contributed by atoms with Crippen LogP contribution < -0.4 is 5.32 Å². The van der Waals surface area contributed by atoms with Crippen LogP contribution in [0.3, 0.4) is 0 Å². The molecule has 1 amide bonds. The van der Waals surface area contributed by atoms with E-state index in [9.17, 15) is 14.3 Å². The summed E-state index contributed by atoms with van der Waals surface area (Å²) in [5.41, 5.74) is 2.10. The van der Waals surface area contributed by atoms with Crippen molar-refractivity contribution in [3.8, 4) is 5.75 Å². The summed E-state index contributed by atoms with van der Waals surface area (Å²) >= 11 is 0. The van der Waals surface area contributed by atoms with Gasteiger partial charge in [0.2, 0.25) is 0 Å². The maximum Gasteiger partial charge on any atom is 0.255 e. The van der Waals surface area contributed by atoms with E-state index in [0.717, 1.165) is 0 Å². The summed E-state index contributed by atoms with van der Waals surface area (Å²) in [7, 11) is 0. The number of carbonyl (C=O) groups excluding carboxylic acids is 1. The second-order valence-electron chi connectivity index (χ2n) is 4.36. The van der Waals surface area contributed by atoms with Gasteiger partial charge in [0.1, 0.15) is 11.6 Å². The summed E-state index contributed by atoms with van der Waals surface area (Å²) in [6.07, 6.45) is 0. The van der Waals surface area contributed by atoms with Crippen LogP contribution in [0, 0.1) is 19.7 Å². The molecule has 2 aromatic rings. The number of aryl methyl sites for hydroxylation is 1. The fourth-order valence-corrected chi connectivity index (χ4v) is 1.83. The minimum atomic E-state index is -0.373. The van der Waals surface area contributed by atoms with Crippen LogP contribution in [0.4, 0.5) is 10.1 Å². The van der Waals surface area contributed by atoms with Crippen LogP contribution in [0.2, 0.25) is 0 Å². The topological polar surface area (TPSA) is 49.3 Å². The molecule has 0 aliphatic heterocycles. The van der Waals surface area contributed by atoms with E-state index in [1.807, 2.05) is 0 Å². The van der Waals surface area contributed by atoms with Gasteiger partial charge in [-0.15, -0.1) is 0 Å². The van der Waals surface area contributed by atoms with Crippen molar-refractivity contribution >= 4 is 11.6 Å². The Morgan fingerprint density at radius 2 is 1.95 bits per heavy atom. The lowest BCUT2D eigenvalue weighted by molar-refractivity contribution is 0.102. The largest absolute Gasteiger partial charge is 0.508 e. The average molecular weight is 259 g/mol. The molecule has 2 N–H and O–H groups in total. The second kappa shape index (κ2) is 5.10. The molecule has 98 valence electrons. The van der Waals surface area contributed by atoms with Crippen molar-refractivity contribution in [2.45, 2.75) is 13.8 Å². The molecule has 0 heterocycles. The molecule has 0 saturated heterocycles. The van der Waals surface area contributed by atoms with Gasteiger partial charge in [0.25, 0.3) is 5.91 Å². The maximum atomic E-state index is 13.0. The van der Waals surface area contributed by atoms with Crippen molar-refractivity contribution in [3.63, 3.8) is 0 Å². The molecule has 0 spiro atoms. The van der Waals surface area contributed by atoms with Crippen LogP contribution in [0.15, 0.2) is 36.4 Å². The Morgan fingerprint density at radius 3 is 2.63 bits per heavy atom. The van der Waals surface area contributed by atoms with Gasteiger partial charge in [-0.25, -0.2) is 4.39 Å². The summed E-state index contributed by atoms with van der Waals surface area (Å²) < 4.78 is 13.0. The highest BCUT2D eigenvalue weighted by Gasteiger charge is 2.12. The lowest BCUT2D eigenvalue weighted by Gasteiger charge is -2.11. The first-order chi connectivity index (χ1) is 8.99. The number of phenols is 1. The SMILES string of the molecule is Cc1cc(F)ccc1C(=O)Nc1cccc(O)c1C. The third-order valence-electron chi connectivity index (χ3n) is 2.99. The van der Waals surface area contributed by atoms with E-state index >= 15 is 0 Å². The van der Waals surface area contributed by atoms with Crippen LogP contribution in [0.1, 0.15) is 21.5 Å². The Morgan fingerprint density at radius 1 is 1.21 bits per heavy atom. The molecule has 0 fully saturated rings. The molecule has 0 unspecified atom stereocenters. The van der Waals surface area contributed by atoms with Crippen molar-refractivity contribution in [1.29, 1.82) is 0 Å². The zero-order chi connectivity index (χ0) is 14.0. The van der Waals surface area contributed by atoms with E-state index in [0.29, 0.717) is 22.4 Å². The number of halogens is 1. The molecule has 0 atom stereocenters. The van der Waals surface area contributed by atoms with Gasteiger partial charge in [-0.3, -0.25) is 4.79 Å². The molecule has 0 aliphatic rings. The van der Waals surface area contributed by atoms with Crippen molar-refractivity contribution in [2.24, 2.45) is 0 Å². The molecule has 0 bridgehead atoms. The number of aromatic hydroxyl groups is 1. The van der Waals surface area contributed by atoms with Crippen molar-refractivity contribution in [1.82, 2.24) is 0 Å². The number of nitrogens with one attached hydrogen (secondary N) is 1. The fraction of sp³-hybridized carbons (Fsp3) is 0.133. The Kier molecular flexibility index (Phi) is 3.51. The molecule has 2 rings (SSSR count). The van der Waals surface area contributed by atoms with Gasteiger partial charge in [-0.05, 0) is 49.7 Å². The van der Waals surface area contributed by atoms with Crippen LogP contribution in [-0.2, 0) is 0 Å². The minimum absolute atomic E-state index is 0.119. The smallest absolute Gasteiger partial charge is 0.255 e. The van der Waals surface area contributed by atoms with Crippen molar-refractivity contribution in [2.75, 3.05) is 5.32 Å². The van der Waals surface area contributed by atoms with E-state index < -0.39 is 0 Å². The monoisotopic (exact) mass is 259 g/mol. The highest BCUT2D eigenvalue weighted by molar-refractivity contribution is 6.05. The van der Waals surface area contributed by atoms with Crippen LogP contribution in [0.25, 0.3) is 0 Å². The predicted octanol–water partition coefficient (Wildman–Crippen LogP) is 3.40. The standard InChI is InChI=1S/C15H14FNO2/c1-9-8-11(16)6-7-12(9)15(19)17-13-4-3-5-14(18)10(13)2/h3-8,18H,1-2H3,(H,17,19). The first-order valence-electron chi connectivity index (χ1n) is 5.85. The van der Waals surface area contributed by atoms with Gasteiger partial charge in [0.15, 0.2) is 0 Å². The summed E-state index contributed by atoms with van der Waals surface area (Å²) in [6.45, 7) is 3.38. The number of benzene rings is 2. The Balaban J connectivity index is 2.28. The molecule has 2 aromatic carbocycles. The molecule has 19 heavy (non-hydrogen) atoms. The quantitative estimate of drug-likeness (QED) is 0.868. The predicted molar refractivity (Wildman–Crippen MR) is 71.9 cm³/mol. The molecule has 0 radical (unpaired) electrons. The van der Waals surface area contributed by atoms with Crippen molar-refractivity contribution < 1.29 is 14.3 Å². The Bertz CT molecular complexity index is 638. The number of hydrogen-bond acceptors (Lipinski definition) is 2. The summed E-state index contributed by atoms with van der Waals surface area (Å²) in [6, 6.07) is 8.90. The van der Waals surface area contributed by atoms with E-state index in [1.54, 1.807) is 32.0 Å². The molecular weight excluding hydrogens is 245 g/mol. The maximum absolute atomic E-state index is 13.0. The third kappa shape index (κ3) is 2.73. The van der Waals surface area contributed by atoms with Crippen molar-refractivity contribution in [3.05, 3.63) is 58.9 Å². The third-order valence-corrected chi connectivity index (χ3v) is 2.99. The van der Waals surface area contributed by atoms with Gasteiger partial charge in [0.05, 0.1) is 0 Å². The summed E-state index contributed by atoms with van der Waals surface area (Å²) in [4.78, 5) is 12.1. The number of phenolic OH excluding ortho intramolecular Hbond substituents is 1. The Labute approximate surface area is 110 Å². The fourth-order valence-electron chi connectivity index (χ4n) is 1.83. The zero-order valence-corrected chi connectivity index (χ0v) is 10.7. The average Bonchev–Trinajstić information content (AvgIpc) is 2.34. The number of amides is 1. The number of carbonyl (C=O) groups is 1. The van der Waals surface area contributed by atoms with Crippen LogP contribution >= 0.6 is 0 Å². The Hall–Kier alpha value is -2.36. The van der Waals surface area contributed by atoms with Gasteiger partial charge >= 0.3 is 0 Å². The van der Waals surface area contributed by atoms with Crippen LogP contribution in [0.5, 0.6) is 5.75 Å². The van der Waals surface area contributed by atoms with Gasteiger partial charge < -0.3 is 10.4 Å². The molecular formula is C15H14FNO2. The van der Waals surface area contributed by atoms with E-state index in [2.05, 4.69) is 5.32 Å². The number of hydrogen-bond donors (Lipinski definition) is 2. The molecule has 4 heteroatoms. The van der Waals surface area contributed by atoms with Gasteiger partial charge in [0, 0.05) is 16.8 Å². The molecule has 3 nitrogen and oxygen atoms in total. The highest BCUT2D eigenvalue weighted by atomic mass is 19.1. The first kappa shape index (κ1) is 13.1. The van der Waals surface area contributed by atoms with Crippen LogP contribution in [-0.4, -0.2) is 11.0 Å². The summed E-state index contributed by atoms with van der Waals surface area (Å²) in [5, 5.41) is 12.3. The zero-order valence-electron chi connectivity index (χ0n) is 10.7. The summed E-state index contributed by atoms with van der Waals surface area (Å²) in [5.74, 6) is -0.581. The second-order valence-corrected chi connectivity index (χ2v) is 4.36. The lowest BCUT2D eigenvalue weighted by Crippen LogP contribution is -2.14. The number of anilines is 1. The van der Waals surface area contributed by atoms with E-state index in [4.69, 9.17) is 0 Å². The minimum Gasteiger partial charge on any atom is -0.508 e. The van der Waals surface area contributed by atoms with E-state index in [1.165, 1.54) is 18.2 Å². The molecule has 0 aromatic heterocycles. The van der Waals surface area contributed by atoms with Gasteiger partial charge in [-0.2, -0.15) is 0 Å². The lowest BCUT2D eigenvalue weighted by atomic mass is 10.1. The molecule has 0 aliphatic carbocycles. The normalized spacial score (nSPS) is 10.3. The highest BCUT2D eigenvalue weighted by Crippen LogP contribution is 2.24. The first-order valence-corrected chi connectivity index (χ1v) is 5.85. The van der Waals surface area contributed by atoms with E-state index in [-0.39, 0.29) is 17.5 Å².